The van der Waals surface area contributed by atoms with Gasteiger partial charge in [0.05, 0.1) is 13.7 Å². The molecule has 0 radical (unpaired) electrons. The third kappa shape index (κ3) is 8.03. The number of ether oxygens (including phenoxy) is 2. The van der Waals surface area contributed by atoms with E-state index in [1.807, 2.05) is 13.2 Å². The van der Waals surface area contributed by atoms with Gasteiger partial charge in [-0.15, -0.1) is 0 Å². The number of piperidine rings is 1. The SMILES string of the molecule is COCCN(CC1CCN(Cc2ccccc2OC)CC1)CC1CC(CC(C)C)NN1. The smallest absolute Gasteiger partial charge is 0.123 e. The first-order valence-corrected chi connectivity index (χ1v) is 12.1. The predicted molar refractivity (Wildman–Crippen MR) is 127 cm³/mol. The van der Waals surface area contributed by atoms with Gasteiger partial charge in [0.2, 0.25) is 0 Å². The molecule has 0 amide bonds. The molecule has 2 fully saturated rings. The standard InChI is InChI=1S/C25H44N4O2/c1-20(2)15-23-16-24(27-26-23)19-29(13-14-30-3)17-21-9-11-28(12-10-21)18-22-7-5-6-8-25(22)31-4/h5-8,20-21,23-24,26-27H,9-19H2,1-4H3. The van der Waals surface area contributed by atoms with Gasteiger partial charge in [0, 0.05) is 50.9 Å². The van der Waals surface area contributed by atoms with Crippen molar-refractivity contribution in [3.8, 4) is 5.75 Å². The van der Waals surface area contributed by atoms with E-state index < -0.39 is 0 Å². The Bertz CT molecular complexity index is 634. The highest BCUT2D eigenvalue weighted by molar-refractivity contribution is 5.33. The maximum Gasteiger partial charge on any atom is 0.123 e. The van der Waals surface area contributed by atoms with Crippen molar-refractivity contribution in [3.63, 3.8) is 0 Å². The summed E-state index contributed by atoms with van der Waals surface area (Å²) in [6.45, 7) is 12.0. The van der Waals surface area contributed by atoms with E-state index in [1.54, 1.807) is 7.11 Å². The topological polar surface area (TPSA) is 49.0 Å². The highest BCUT2D eigenvalue weighted by Gasteiger charge is 2.28. The molecule has 3 rings (SSSR count). The molecule has 6 heteroatoms. The Hall–Kier alpha value is -1.18. The maximum atomic E-state index is 5.53. The van der Waals surface area contributed by atoms with Gasteiger partial charge in [0.15, 0.2) is 0 Å². The molecular weight excluding hydrogens is 388 g/mol. The summed E-state index contributed by atoms with van der Waals surface area (Å²) in [5.74, 6) is 2.51. The predicted octanol–water partition coefficient (Wildman–Crippen LogP) is 3.14. The molecule has 2 saturated heterocycles. The van der Waals surface area contributed by atoms with Gasteiger partial charge in [0.25, 0.3) is 0 Å². The van der Waals surface area contributed by atoms with E-state index in [1.165, 1.54) is 50.9 Å². The van der Waals surface area contributed by atoms with Gasteiger partial charge in [-0.1, -0.05) is 32.0 Å². The van der Waals surface area contributed by atoms with Crippen LogP contribution in [0.2, 0.25) is 0 Å². The van der Waals surface area contributed by atoms with E-state index in [4.69, 9.17) is 9.47 Å². The number of para-hydroxylation sites is 1. The van der Waals surface area contributed by atoms with Crippen molar-refractivity contribution in [1.82, 2.24) is 20.7 Å². The first-order valence-electron chi connectivity index (χ1n) is 12.1. The van der Waals surface area contributed by atoms with Gasteiger partial charge in [-0.2, -0.15) is 0 Å². The summed E-state index contributed by atoms with van der Waals surface area (Å²) in [6.07, 6.45) is 5.00. The molecule has 2 unspecified atom stereocenters. The molecule has 2 atom stereocenters. The van der Waals surface area contributed by atoms with Gasteiger partial charge in [-0.3, -0.25) is 20.7 Å². The molecule has 31 heavy (non-hydrogen) atoms. The molecular formula is C25H44N4O2. The number of methoxy groups -OCH3 is 2. The number of hydrazine groups is 1. The van der Waals surface area contributed by atoms with Crippen LogP contribution in [0.1, 0.15) is 45.1 Å². The minimum Gasteiger partial charge on any atom is -0.496 e. The summed E-state index contributed by atoms with van der Waals surface area (Å²) in [5, 5.41) is 0. The number of hydrogen-bond donors (Lipinski definition) is 2. The van der Waals surface area contributed by atoms with Gasteiger partial charge in [0.1, 0.15) is 5.75 Å². The van der Waals surface area contributed by atoms with Crippen molar-refractivity contribution in [2.24, 2.45) is 11.8 Å². The monoisotopic (exact) mass is 432 g/mol. The Kier molecular flexibility index (Phi) is 10.1. The zero-order valence-corrected chi connectivity index (χ0v) is 20.1. The van der Waals surface area contributed by atoms with E-state index in [9.17, 15) is 0 Å². The van der Waals surface area contributed by atoms with Gasteiger partial charge < -0.3 is 9.47 Å². The number of rotatable bonds is 12. The molecule has 2 N–H and O–H groups in total. The van der Waals surface area contributed by atoms with Crippen LogP contribution < -0.4 is 15.6 Å². The molecule has 176 valence electrons. The molecule has 0 aliphatic carbocycles. The van der Waals surface area contributed by atoms with Crippen molar-refractivity contribution in [3.05, 3.63) is 29.8 Å². The Labute approximate surface area is 189 Å². The first kappa shape index (κ1) is 24.5. The second kappa shape index (κ2) is 12.8. The zero-order valence-electron chi connectivity index (χ0n) is 20.1. The fourth-order valence-corrected chi connectivity index (χ4v) is 5.10. The number of benzene rings is 1. The third-order valence-corrected chi connectivity index (χ3v) is 6.72. The second-order valence-electron chi connectivity index (χ2n) is 9.83. The molecule has 2 heterocycles. The van der Waals surface area contributed by atoms with E-state index in [0.717, 1.165) is 43.8 Å². The first-order chi connectivity index (χ1) is 15.1. The summed E-state index contributed by atoms with van der Waals surface area (Å²) in [6, 6.07) is 9.54. The average molecular weight is 433 g/mol. The lowest BCUT2D eigenvalue weighted by atomic mass is 9.95. The van der Waals surface area contributed by atoms with Crippen molar-refractivity contribution >= 4 is 0 Å². The van der Waals surface area contributed by atoms with Crippen molar-refractivity contribution < 1.29 is 9.47 Å². The molecule has 0 saturated carbocycles. The zero-order chi connectivity index (χ0) is 22.1. The summed E-state index contributed by atoms with van der Waals surface area (Å²) in [5.41, 5.74) is 8.36. The van der Waals surface area contributed by atoms with Crippen LogP contribution in [0.5, 0.6) is 5.75 Å². The average Bonchev–Trinajstić information content (AvgIpc) is 3.19. The lowest BCUT2D eigenvalue weighted by Crippen LogP contribution is -2.45. The van der Waals surface area contributed by atoms with E-state index in [0.29, 0.717) is 12.1 Å². The quantitative estimate of drug-likeness (QED) is 0.529. The van der Waals surface area contributed by atoms with Crippen molar-refractivity contribution in [1.29, 1.82) is 0 Å². The fourth-order valence-electron chi connectivity index (χ4n) is 5.10. The van der Waals surface area contributed by atoms with Crippen LogP contribution in [-0.2, 0) is 11.3 Å². The molecule has 0 bridgehead atoms. The Morgan fingerprint density at radius 1 is 1.06 bits per heavy atom. The minimum atomic E-state index is 0.534. The van der Waals surface area contributed by atoms with E-state index in [-0.39, 0.29) is 0 Å². The van der Waals surface area contributed by atoms with Gasteiger partial charge in [-0.25, -0.2) is 0 Å². The van der Waals surface area contributed by atoms with Crippen LogP contribution in [0.15, 0.2) is 24.3 Å². The Morgan fingerprint density at radius 2 is 1.81 bits per heavy atom. The summed E-state index contributed by atoms with van der Waals surface area (Å²) in [4.78, 5) is 5.20. The summed E-state index contributed by atoms with van der Waals surface area (Å²) in [7, 11) is 3.57. The Balaban J connectivity index is 1.44. The molecule has 6 nitrogen and oxygen atoms in total. The van der Waals surface area contributed by atoms with Crippen LogP contribution in [0.4, 0.5) is 0 Å². The number of hydrogen-bond acceptors (Lipinski definition) is 6. The lowest BCUT2D eigenvalue weighted by molar-refractivity contribution is 0.105. The summed E-state index contributed by atoms with van der Waals surface area (Å²) >= 11 is 0. The van der Waals surface area contributed by atoms with Crippen LogP contribution in [0.25, 0.3) is 0 Å². The van der Waals surface area contributed by atoms with Crippen molar-refractivity contribution in [2.75, 3.05) is 53.6 Å². The number of likely N-dealkylation sites (tertiary alicyclic amines) is 1. The normalized spacial score (nSPS) is 23.2. The lowest BCUT2D eigenvalue weighted by Gasteiger charge is -2.35. The summed E-state index contributed by atoms with van der Waals surface area (Å²) < 4.78 is 10.9. The molecule has 1 aromatic rings. The minimum absolute atomic E-state index is 0.534. The van der Waals surface area contributed by atoms with Crippen LogP contribution in [0, 0.1) is 11.8 Å². The number of nitrogens with one attached hydrogen (secondary N) is 2. The molecule has 2 aliphatic heterocycles. The van der Waals surface area contributed by atoms with Crippen LogP contribution in [-0.4, -0.2) is 75.4 Å². The molecule has 0 aromatic heterocycles. The number of nitrogens with zero attached hydrogens (tertiary/aromatic N) is 2. The van der Waals surface area contributed by atoms with Gasteiger partial charge in [-0.05, 0) is 56.7 Å². The van der Waals surface area contributed by atoms with Crippen LogP contribution >= 0.6 is 0 Å². The fraction of sp³-hybridized carbons (Fsp3) is 0.760. The largest absolute Gasteiger partial charge is 0.496 e. The highest BCUT2D eigenvalue weighted by atomic mass is 16.5. The van der Waals surface area contributed by atoms with E-state index >= 15 is 0 Å². The van der Waals surface area contributed by atoms with E-state index in [2.05, 4.69) is 52.7 Å². The van der Waals surface area contributed by atoms with Crippen molar-refractivity contribution in [2.45, 2.75) is 58.2 Å². The molecule has 0 spiro atoms. The Morgan fingerprint density at radius 3 is 2.52 bits per heavy atom. The maximum absolute atomic E-state index is 5.53. The molecule has 1 aromatic carbocycles. The van der Waals surface area contributed by atoms with Gasteiger partial charge >= 0.3 is 0 Å². The third-order valence-electron chi connectivity index (χ3n) is 6.72. The molecule has 2 aliphatic rings. The highest BCUT2D eigenvalue weighted by Crippen LogP contribution is 2.24. The second-order valence-corrected chi connectivity index (χ2v) is 9.83. The van der Waals surface area contributed by atoms with Crippen LogP contribution in [0.3, 0.4) is 0 Å².